The Hall–Kier alpha value is -4.38. The van der Waals surface area contributed by atoms with Gasteiger partial charge in [-0.05, 0) is 44.5 Å². The van der Waals surface area contributed by atoms with Crippen molar-refractivity contribution in [3.05, 3.63) is 65.8 Å². The summed E-state index contributed by atoms with van der Waals surface area (Å²) >= 11 is 1.47. The second-order valence-corrected chi connectivity index (χ2v) is 10.8. The molecular weight excluding hydrogens is 508 g/mol. The molecule has 0 aliphatic carbocycles. The van der Waals surface area contributed by atoms with Crippen LogP contribution in [0.5, 0.6) is 11.6 Å². The Labute approximate surface area is 222 Å². The van der Waals surface area contributed by atoms with E-state index >= 15 is 0 Å². The van der Waals surface area contributed by atoms with E-state index in [1.165, 1.54) is 15.9 Å². The van der Waals surface area contributed by atoms with Crippen molar-refractivity contribution >= 4 is 40.1 Å². The van der Waals surface area contributed by atoms with Crippen LogP contribution in [0.1, 0.15) is 26.3 Å². The lowest BCUT2D eigenvalue weighted by Crippen LogP contribution is -2.48. The van der Waals surface area contributed by atoms with Crippen LogP contribution in [-0.2, 0) is 21.6 Å². The van der Waals surface area contributed by atoms with Gasteiger partial charge < -0.3 is 24.5 Å². The van der Waals surface area contributed by atoms with Gasteiger partial charge in [-0.1, -0.05) is 24.3 Å². The van der Waals surface area contributed by atoms with Crippen LogP contribution in [-0.4, -0.2) is 50.3 Å². The molecule has 4 amide bonds. The van der Waals surface area contributed by atoms with E-state index in [0.717, 1.165) is 10.6 Å². The number of benzene rings is 2. The van der Waals surface area contributed by atoms with Crippen molar-refractivity contribution in [2.75, 3.05) is 7.11 Å². The highest BCUT2D eigenvalue weighted by atomic mass is 32.1. The molecule has 1 fully saturated rings. The summed E-state index contributed by atoms with van der Waals surface area (Å²) in [6.07, 6.45) is 2.28. The predicted molar refractivity (Wildman–Crippen MR) is 141 cm³/mol. The minimum Gasteiger partial charge on any atom is -0.497 e. The van der Waals surface area contributed by atoms with Crippen LogP contribution in [0.2, 0.25) is 0 Å². The molecule has 0 radical (unpaired) electrons. The average molecular weight is 535 g/mol. The highest BCUT2D eigenvalue weighted by Crippen LogP contribution is 2.37. The molecule has 5 rings (SSSR count). The fourth-order valence-corrected chi connectivity index (χ4v) is 5.09. The molecule has 1 aliphatic rings. The van der Waals surface area contributed by atoms with Gasteiger partial charge in [0, 0.05) is 34.1 Å². The van der Waals surface area contributed by atoms with E-state index in [0.29, 0.717) is 27.0 Å². The topological polar surface area (TPSA) is 123 Å². The van der Waals surface area contributed by atoms with Gasteiger partial charge in [0.05, 0.1) is 13.7 Å². The molecule has 1 aliphatic heterocycles. The molecule has 1 saturated heterocycles. The maximum Gasteiger partial charge on any atom is 0.425 e. The summed E-state index contributed by atoms with van der Waals surface area (Å²) in [5.41, 5.74) is -1.36. The largest absolute Gasteiger partial charge is 0.497 e. The van der Waals surface area contributed by atoms with Gasteiger partial charge in [0.1, 0.15) is 16.4 Å². The Morgan fingerprint density at radius 2 is 1.89 bits per heavy atom. The van der Waals surface area contributed by atoms with Crippen molar-refractivity contribution in [2.45, 2.75) is 38.5 Å². The second kappa shape index (κ2) is 9.18. The number of carbonyl (C=O) groups is 3. The van der Waals surface area contributed by atoms with E-state index in [9.17, 15) is 19.5 Å². The number of aromatic hydroxyl groups is 1. The first-order valence-corrected chi connectivity index (χ1v) is 12.7. The number of hydrogen-bond donors (Lipinski definition) is 2. The zero-order chi connectivity index (χ0) is 27.2. The lowest BCUT2D eigenvalue weighted by Gasteiger charge is -2.28. The summed E-state index contributed by atoms with van der Waals surface area (Å²) in [6, 6.07) is 11.3. The van der Waals surface area contributed by atoms with Gasteiger partial charge >= 0.3 is 12.1 Å². The molecule has 11 heteroatoms. The number of methoxy groups -OCH3 is 1. The Morgan fingerprint density at radius 3 is 2.53 bits per heavy atom. The maximum atomic E-state index is 13.9. The molecule has 10 nitrogen and oxygen atoms in total. The molecule has 196 valence electrons. The van der Waals surface area contributed by atoms with Crippen molar-refractivity contribution in [1.82, 2.24) is 19.8 Å². The van der Waals surface area contributed by atoms with Crippen LogP contribution in [0.3, 0.4) is 0 Å². The number of amides is 4. The quantitative estimate of drug-likeness (QED) is 0.351. The van der Waals surface area contributed by atoms with E-state index in [-0.39, 0.29) is 12.4 Å². The molecule has 38 heavy (non-hydrogen) atoms. The third-order valence-electron chi connectivity index (χ3n) is 6.20. The number of ether oxygens (including phenoxy) is 2. The van der Waals surface area contributed by atoms with E-state index in [1.54, 1.807) is 82.7 Å². The Kier molecular flexibility index (Phi) is 6.10. The Morgan fingerprint density at radius 1 is 1.16 bits per heavy atom. The normalized spacial score (nSPS) is 17.6. The standard InChI is InChI=1S/C27H26N4O6S/c1-26(2,3)37-25(35)31-23(33)27(29-24(31)34,18-7-5-16(6-8-18)21-28-11-12-38-21)15-30-14-17-13-19(36-4)9-10-20(17)22(30)32/h5-14,32H,15H2,1-4H3,(H,29,34). The summed E-state index contributed by atoms with van der Waals surface area (Å²) in [5, 5.41) is 17.6. The predicted octanol–water partition coefficient (Wildman–Crippen LogP) is 4.86. The summed E-state index contributed by atoms with van der Waals surface area (Å²) < 4.78 is 12.1. The minimum absolute atomic E-state index is 0.0980. The fraction of sp³-hybridized carbons (Fsp3) is 0.259. The fourth-order valence-electron chi connectivity index (χ4n) is 4.44. The molecule has 1 atom stereocenters. The maximum absolute atomic E-state index is 13.9. The number of nitrogens with zero attached hydrogens (tertiary/aromatic N) is 3. The van der Waals surface area contributed by atoms with E-state index in [2.05, 4.69) is 10.3 Å². The highest BCUT2D eigenvalue weighted by Gasteiger charge is 2.56. The molecule has 0 spiro atoms. The summed E-state index contributed by atoms with van der Waals surface area (Å²) in [4.78, 5) is 44.7. The lowest BCUT2D eigenvalue weighted by molar-refractivity contribution is -0.131. The Balaban J connectivity index is 1.60. The summed E-state index contributed by atoms with van der Waals surface area (Å²) in [7, 11) is 1.54. The highest BCUT2D eigenvalue weighted by molar-refractivity contribution is 7.13. The Bertz CT molecular complexity index is 1540. The molecular formula is C27H26N4O6S. The molecule has 2 aromatic heterocycles. The smallest absolute Gasteiger partial charge is 0.425 e. The van der Waals surface area contributed by atoms with Gasteiger partial charge in [-0.15, -0.1) is 11.3 Å². The first kappa shape index (κ1) is 25.3. The van der Waals surface area contributed by atoms with E-state index in [4.69, 9.17) is 9.47 Å². The van der Waals surface area contributed by atoms with Crippen LogP contribution < -0.4 is 10.1 Å². The number of fused-ring (bicyclic) bond motifs is 1. The van der Waals surface area contributed by atoms with E-state index < -0.39 is 29.2 Å². The number of aromatic nitrogens is 2. The number of hydrogen-bond acceptors (Lipinski definition) is 8. The molecule has 3 heterocycles. The zero-order valence-electron chi connectivity index (χ0n) is 21.2. The van der Waals surface area contributed by atoms with Crippen molar-refractivity contribution in [2.24, 2.45) is 0 Å². The third kappa shape index (κ3) is 4.34. The molecule has 0 bridgehead atoms. The van der Waals surface area contributed by atoms with Crippen LogP contribution in [0.4, 0.5) is 9.59 Å². The van der Waals surface area contributed by atoms with Crippen LogP contribution in [0.15, 0.2) is 60.2 Å². The number of rotatable bonds is 5. The lowest BCUT2D eigenvalue weighted by atomic mass is 9.88. The number of imide groups is 3. The van der Waals surface area contributed by atoms with Crippen LogP contribution >= 0.6 is 11.3 Å². The number of nitrogens with one attached hydrogen (secondary N) is 1. The monoisotopic (exact) mass is 534 g/mol. The van der Waals surface area contributed by atoms with Crippen molar-refractivity contribution in [3.63, 3.8) is 0 Å². The van der Waals surface area contributed by atoms with Gasteiger partial charge in [-0.3, -0.25) is 4.79 Å². The number of urea groups is 1. The van der Waals surface area contributed by atoms with Gasteiger partial charge in [-0.2, -0.15) is 4.90 Å². The first-order chi connectivity index (χ1) is 18.0. The van der Waals surface area contributed by atoms with Gasteiger partial charge in [-0.25, -0.2) is 14.6 Å². The van der Waals surface area contributed by atoms with Crippen molar-refractivity contribution in [3.8, 4) is 22.2 Å². The average Bonchev–Trinajstić information content (AvgIpc) is 3.56. The van der Waals surface area contributed by atoms with Crippen LogP contribution in [0, 0.1) is 0 Å². The summed E-state index contributed by atoms with van der Waals surface area (Å²) in [6.45, 7) is 4.75. The molecule has 4 aromatic rings. The molecule has 2 N–H and O–H groups in total. The SMILES string of the molecule is COc1ccc2c(O)n(CC3(c4ccc(-c5nccs5)cc4)NC(=O)N(C(=O)OC(C)(C)C)C3=O)cc2c1. The van der Waals surface area contributed by atoms with Crippen molar-refractivity contribution < 1.29 is 29.0 Å². The number of carbonyl (C=O) groups excluding carboxylic acids is 3. The van der Waals surface area contributed by atoms with Gasteiger partial charge in [0.25, 0.3) is 5.91 Å². The molecule has 1 unspecified atom stereocenters. The zero-order valence-corrected chi connectivity index (χ0v) is 22.0. The first-order valence-electron chi connectivity index (χ1n) is 11.8. The molecule has 0 saturated carbocycles. The summed E-state index contributed by atoms with van der Waals surface area (Å²) in [5.74, 6) is -0.309. The molecule has 2 aromatic carbocycles. The number of thiazole rings is 1. The van der Waals surface area contributed by atoms with Crippen molar-refractivity contribution in [1.29, 1.82) is 0 Å². The van der Waals surface area contributed by atoms with Gasteiger partial charge in [0.15, 0.2) is 11.4 Å². The van der Waals surface area contributed by atoms with Gasteiger partial charge in [0.2, 0.25) is 0 Å². The van der Waals surface area contributed by atoms with Crippen LogP contribution in [0.25, 0.3) is 21.3 Å². The second-order valence-electron chi connectivity index (χ2n) is 9.90. The third-order valence-corrected chi connectivity index (χ3v) is 7.02. The minimum atomic E-state index is -1.70. The van der Waals surface area contributed by atoms with E-state index in [1.807, 2.05) is 5.38 Å².